The molecular weight excluding hydrogens is 424 g/mol. The maximum atomic E-state index is 12.6. The number of halogens is 1. The summed E-state index contributed by atoms with van der Waals surface area (Å²) in [5.74, 6) is -0.327. The van der Waals surface area contributed by atoms with Crippen LogP contribution in [0.5, 0.6) is 0 Å². The van der Waals surface area contributed by atoms with Gasteiger partial charge in [0, 0.05) is 36.9 Å². The second-order valence-electron chi connectivity index (χ2n) is 7.20. The van der Waals surface area contributed by atoms with Crippen molar-refractivity contribution in [2.45, 2.75) is 23.8 Å². The lowest BCUT2D eigenvalue weighted by Crippen LogP contribution is -2.47. The molecule has 1 saturated heterocycles. The average molecular weight is 447 g/mol. The second-order valence-corrected chi connectivity index (χ2v) is 9.68. The van der Waals surface area contributed by atoms with Crippen molar-refractivity contribution >= 4 is 33.2 Å². The third-order valence-electron chi connectivity index (χ3n) is 5.11. The zero-order chi connectivity index (χ0) is 21.7. The van der Waals surface area contributed by atoms with Gasteiger partial charge >= 0.3 is 0 Å². The van der Waals surface area contributed by atoms with E-state index in [1.807, 2.05) is 12.1 Å². The summed E-state index contributed by atoms with van der Waals surface area (Å²) in [5, 5.41) is 12.3. The highest BCUT2D eigenvalue weighted by molar-refractivity contribution is 7.89. The van der Waals surface area contributed by atoms with E-state index >= 15 is 0 Å². The monoisotopic (exact) mass is 446 g/mol. The van der Waals surface area contributed by atoms with Crippen molar-refractivity contribution in [3.8, 4) is 6.07 Å². The molecular formula is C21H23ClN4O3S. The van der Waals surface area contributed by atoms with Crippen molar-refractivity contribution in [2.75, 3.05) is 31.6 Å². The SMILES string of the molecule is CN(CC(=O)NC1CCN(c2ccc(C#N)cc2)CC1)S(=O)(=O)c1ccc(Cl)cc1. The molecule has 2 aromatic rings. The Hall–Kier alpha value is -2.60. The van der Waals surface area contributed by atoms with Gasteiger partial charge in [-0.3, -0.25) is 4.79 Å². The molecule has 0 saturated carbocycles. The topological polar surface area (TPSA) is 93.5 Å². The first-order valence-electron chi connectivity index (χ1n) is 9.56. The summed E-state index contributed by atoms with van der Waals surface area (Å²) in [4.78, 5) is 14.7. The number of nitrogens with zero attached hydrogens (tertiary/aromatic N) is 3. The number of rotatable bonds is 6. The number of benzene rings is 2. The minimum Gasteiger partial charge on any atom is -0.371 e. The third kappa shape index (κ3) is 5.30. The Kier molecular flexibility index (Phi) is 6.98. The number of hydrogen-bond donors (Lipinski definition) is 1. The standard InChI is InChI=1S/C21H23ClN4O3S/c1-25(30(28,29)20-8-4-17(22)5-9-20)15-21(27)24-18-10-12-26(13-11-18)19-6-2-16(14-23)3-7-19/h2-9,18H,10-13,15H2,1H3,(H,24,27). The Balaban J connectivity index is 1.50. The Morgan fingerprint density at radius 2 is 1.77 bits per heavy atom. The van der Waals surface area contributed by atoms with Crippen LogP contribution in [-0.2, 0) is 14.8 Å². The van der Waals surface area contributed by atoms with Gasteiger partial charge in [-0.2, -0.15) is 9.57 Å². The van der Waals surface area contributed by atoms with E-state index in [9.17, 15) is 13.2 Å². The maximum absolute atomic E-state index is 12.6. The van der Waals surface area contributed by atoms with Crippen LogP contribution >= 0.6 is 11.6 Å². The molecule has 30 heavy (non-hydrogen) atoms. The number of carbonyl (C=O) groups excluding carboxylic acids is 1. The zero-order valence-electron chi connectivity index (χ0n) is 16.6. The molecule has 0 atom stereocenters. The van der Waals surface area contributed by atoms with Crippen LogP contribution in [0.1, 0.15) is 18.4 Å². The van der Waals surface area contributed by atoms with Crippen LogP contribution in [0.25, 0.3) is 0 Å². The van der Waals surface area contributed by atoms with Gasteiger partial charge in [-0.1, -0.05) is 11.6 Å². The number of piperidine rings is 1. The summed E-state index contributed by atoms with van der Waals surface area (Å²) in [6.07, 6.45) is 1.53. The highest BCUT2D eigenvalue weighted by atomic mass is 35.5. The van der Waals surface area contributed by atoms with Crippen molar-refractivity contribution in [3.05, 3.63) is 59.1 Å². The number of carbonyl (C=O) groups is 1. The van der Waals surface area contributed by atoms with Crippen LogP contribution in [0, 0.1) is 11.3 Å². The van der Waals surface area contributed by atoms with E-state index in [-0.39, 0.29) is 23.4 Å². The van der Waals surface area contributed by atoms with Crippen molar-refractivity contribution in [1.82, 2.24) is 9.62 Å². The van der Waals surface area contributed by atoms with Gasteiger partial charge in [0.1, 0.15) is 0 Å². The molecule has 0 aliphatic carbocycles. The molecule has 0 unspecified atom stereocenters. The molecule has 1 amide bonds. The number of hydrogen-bond acceptors (Lipinski definition) is 5. The van der Waals surface area contributed by atoms with E-state index in [1.165, 1.54) is 31.3 Å². The summed E-state index contributed by atoms with van der Waals surface area (Å²) in [6, 6.07) is 15.4. The van der Waals surface area contributed by atoms with E-state index in [1.54, 1.807) is 12.1 Å². The van der Waals surface area contributed by atoms with Crippen LogP contribution in [0.2, 0.25) is 5.02 Å². The number of nitriles is 1. The molecule has 158 valence electrons. The maximum Gasteiger partial charge on any atom is 0.243 e. The summed E-state index contributed by atoms with van der Waals surface area (Å²) < 4.78 is 26.2. The predicted molar refractivity (Wildman–Crippen MR) is 116 cm³/mol. The Morgan fingerprint density at radius 3 is 2.33 bits per heavy atom. The second kappa shape index (κ2) is 9.47. The van der Waals surface area contributed by atoms with E-state index < -0.39 is 10.0 Å². The lowest BCUT2D eigenvalue weighted by atomic mass is 10.0. The first-order valence-corrected chi connectivity index (χ1v) is 11.4. The van der Waals surface area contributed by atoms with Gasteiger partial charge in [0.2, 0.25) is 15.9 Å². The molecule has 0 bridgehead atoms. The summed E-state index contributed by atoms with van der Waals surface area (Å²) in [7, 11) is -2.37. The molecule has 1 aliphatic rings. The van der Waals surface area contributed by atoms with Crippen LogP contribution in [-0.4, -0.2) is 51.4 Å². The van der Waals surface area contributed by atoms with Crippen LogP contribution in [0.15, 0.2) is 53.4 Å². The van der Waals surface area contributed by atoms with Gasteiger partial charge in [-0.15, -0.1) is 0 Å². The molecule has 0 aromatic heterocycles. The van der Waals surface area contributed by atoms with Crippen molar-refractivity contribution in [2.24, 2.45) is 0 Å². The van der Waals surface area contributed by atoms with Crippen LogP contribution in [0.3, 0.4) is 0 Å². The molecule has 3 rings (SSSR count). The Morgan fingerprint density at radius 1 is 1.17 bits per heavy atom. The fourth-order valence-corrected chi connectivity index (χ4v) is 4.63. The van der Waals surface area contributed by atoms with Gasteiger partial charge in [0.05, 0.1) is 23.1 Å². The fourth-order valence-electron chi connectivity index (χ4n) is 3.38. The number of sulfonamides is 1. The minimum atomic E-state index is -3.76. The number of likely N-dealkylation sites (N-methyl/N-ethyl adjacent to an activating group) is 1. The molecule has 1 fully saturated rings. The summed E-state index contributed by atoms with van der Waals surface area (Å²) >= 11 is 5.81. The average Bonchev–Trinajstić information content (AvgIpc) is 2.74. The van der Waals surface area contributed by atoms with Crippen molar-refractivity contribution in [1.29, 1.82) is 5.26 Å². The normalized spacial score (nSPS) is 15.1. The van der Waals surface area contributed by atoms with E-state index in [0.29, 0.717) is 10.6 Å². The quantitative estimate of drug-likeness (QED) is 0.736. The highest BCUT2D eigenvalue weighted by Gasteiger charge is 2.25. The van der Waals surface area contributed by atoms with E-state index in [0.717, 1.165) is 35.9 Å². The first-order chi connectivity index (χ1) is 14.3. The lowest BCUT2D eigenvalue weighted by molar-refractivity contribution is -0.121. The molecule has 1 aliphatic heterocycles. The molecule has 2 aromatic carbocycles. The van der Waals surface area contributed by atoms with E-state index in [2.05, 4.69) is 16.3 Å². The Bertz CT molecular complexity index is 1030. The molecule has 1 heterocycles. The third-order valence-corrected chi connectivity index (χ3v) is 7.18. The van der Waals surface area contributed by atoms with Gasteiger partial charge in [-0.25, -0.2) is 8.42 Å². The smallest absolute Gasteiger partial charge is 0.243 e. The van der Waals surface area contributed by atoms with E-state index in [4.69, 9.17) is 16.9 Å². The number of anilines is 1. The van der Waals surface area contributed by atoms with Crippen molar-refractivity contribution in [3.63, 3.8) is 0 Å². The molecule has 0 spiro atoms. The summed E-state index contributed by atoms with van der Waals surface area (Å²) in [5.41, 5.74) is 1.67. The largest absolute Gasteiger partial charge is 0.371 e. The molecule has 0 radical (unpaired) electrons. The van der Waals surface area contributed by atoms with Gasteiger partial charge < -0.3 is 10.2 Å². The molecule has 1 N–H and O–H groups in total. The lowest BCUT2D eigenvalue weighted by Gasteiger charge is -2.34. The first kappa shape index (κ1) is 22.1. The summed E-state index contributed by atoms with van der Waals surface area (Å²) in [6.45, 7) is 1.30. The Labute approximate surface area is 181 Å². The van der Waals surface area contributed by atoms with Crippen molar-refractivity contribution < 1.29 is 13.2 Å². The van der Waals surface area contributed by atoms with Crippen LogP contribution in [0.4, 0.5) is 5.69 Å². The van der Waals surface area contributed by atoms with Gasteiger partial charge in [0.15, 0.2) is 0 Å². The predicted octanol–water partition coefficient (Wildman–Crippen LogP) is 2.62. The zero-order valence-corrected chi connectivity index (χ0v) is 18.2. The van der Waals surface area contributed by atoms with Crippen LogP contribution < -0.4 is 10.2 Å². The fraction of sp³-hybridized carbons (Fsp3) is 0.333. The number of nitrogens with one attached hydrogen (secondary N) is 1. The highest BCUT2D eigenvalue weighted by Crippen LogP contribution is 2.21. The van der Waals surface area contributed by atoms with Gasteiger partial charge in [0.25, 0.3) is 0 Å². The number of amides is 1. The van der Waals surface area contributed by atoms with Gasteiger partial charge in [-0.05, 0) is 61.4 Å². The molecule has 7 nitrogen and oxygen atoms in total. The minimum absolute atomic E-state index is 0.00114. The molecule has 9 heteroatoms.